The van der Waals surface area contributed by atoms with E-state index in [0.717, 1.165) is 18.8 Å². The van der Waals surface area contributed by atoms with Crippen molar-refractivity contribution >= 4 is 12.2 Å². The second kappa shape index (κ2) is 18.1. The van der Waals surface area contributed by atoms with E-state index in [1.807, 2.05) is 0 Å². The third-order valence-corrected chi connectivity index (χ3v) is 5.96. The van der Waals surface area contributed by atoms with E-state index in [1.165, 1.54) is 77.0 Å². The zero-order valence-electron chi connectivity index (χ0n) is 18.1. The molecule has 0 bridgehead atoms. The molecule has 4 nitrogen and oxygen atoms in total. The van der Waals surface area contributed by atoms with Crippen LogP contribution in [-0.4, -0.2) is 25.2 Å². The van der Waals surface area contributed by atoms with Gasteiger partial charge in [-0.25, -0.2) is 19.6 Å². The van der Waals surface area contributed by atoms with Gasteiger partial charge in [0.1, 0.15) is 0 Å². The summed E-state index contributed by atoms with van der Waals surface area (Å²) in [7, 11) is 0. The van der Waals surface area contributed by atoms with Crippen molar-refractivity contribution in [2.45, 2.75) is 111 Å². The molecule has 0 spiro atoms. The average molecular weight is 379 g/mol. The summed E-state index contributed by atoms with van der Waals surface area (Å²) >= 11 is 0. The Kier molecular flexibility index (Phi) is 17.3. The Morgan fingerprint density at radius 2 is 1.07 bits per heavy atom. The summed E-state index contributed by atoms with van der Waals surface area (Å²) in [5, 5.41) is 0. The van der Waals surface area contributed by atoms with Gasteiger partial charge in [0.2, 0.25) is 12.2 Å². The minimum absolute atomic E-state index is 0.422. The highest BCUT2D eigenvalue weighted by Crippen LogP contribution is 2.35. The van der Waals surface area contributed by atoms with Crippen LogP contribution in [0.25, 0.3) is 0 Å². The van der Waals surface area contributed by atoms with Crippen LogP contribution < -0.4 is 0 Å². The lowest BCUT2D eigenvalue weighted by molar-refractivity contribution is 0.189. The van der Waals surface area contributed by atoms with E-state index in [1.54, 1.807) is 12.2 Å². The van der Waals surface area contributed by atoms with Crippen LogP contribution in [-0.2, 0) is 9.59 Å². The van der Waals surface area contributed by atoms with Crippen molar-refractivity contribution in [1.82, 2.24) is 0 Å². The number of hydrogen-bond donors (Lipinski definition) is 0. The first kappa shape index (κ1) is 25.8. The monoisotopic (exact) mass is 378 g/mol. The predicted octanol–water partition coefficient (Wildman–Crippen LogP) is 6.78. The normalized spacial score (nSPS) is 12.3. The number of aliphatic imine (C=N–C) groups is 2. The van der Waals surface area contributed by atoms with E-state index in [9.17, 15) is 9.59 Å². The molecule has 0 aromatic rings. The first-order valence-electron chi connectivity index (χ1n) is 11.1. The molecule has 0 fully saturated rings. The lowest BCUT2D eigenvalue weighted by Crippen LogP contribution is -2.21. The largest absolute Gasteiger partial charge is 0.234 e. The Morgan fingerprint density at radius 1 is 0.667 bits per heavy atom. The lowest BCUT2D eigenvalue weighted by Gasteiger charge is -2.32. The minimum Gasteiger partial charge on any atom is -0.211 e. The molecule has 0 aromatic heterocycles. The molecular weight excluding hydrogens is 336 g/mol. The summed E-state index contributed by atoms with van der Waals surface area (Å²) in [5.41, 5.74) is 0.422. The molecule has 0 saturated carbocycles. The van der Waals surface area contributed by atoms with E-state index in [4.69, 9.17) is 0 Å². The zero-order chi connectivity index (χ0) is 20.2. The van der Waals surface area contributed by atoms with Crippen molar-refractivity contribution < 1.29 is 9.59 Å². The molecule has 0 heterocycles. The summed E-state index contributed by atoms with van der Waals surface area (Å²) in [6, 6.07) is 0. The Labute approximate surface area is 167 Å². The number of rotatable bonds is 19. The Bertz CT molecular complexity index is 436. The Balaban J connectivity index is 3.56. The van der Waals surface area contributed by atoms with Crippen LogP contribution in [0.2, 0.25) is 0 Å². The summed E-state index contributed by atoms with van der Waals surface area (Å²) in [6.45, 7) is 8.54. The maximum absolute atomic E-state index is 10.0. The van der Waals surface area contributed by atoms with Crippen molar-refractivity contribution in [3.05, 3.63) is 0 Å². The van der Waals surface area contributed by atoms with Gasteiger partial charge in [0, 0.05) is 0 Å². The summed E-state index contributed by atoms with van der Waals surface area (Å²) in [4.78, 5) is 27.2. The number of isocyanates is 2. The predicted molar refractivity (Wildman–Crippen MR) is 114 cm³/mol. The van der Waals surface area contributed by atoms with Gasteiger partial charge in [0.15, 0.2) is 0 Å². The molecule has 0 aromatic carbocycles. The maximum atomic E-state index is 10.0. The van der Waals surface area contributed by atoms with Crippen LogP contribution in [0, 0.1) is 11.3 Å². The molecule has 0 N–H and O–H groups in total. The molecule has 1 unspecified atom stereocenters. The van der Waals surface area contributed by atoms with Gasteiger partial charge in [-0.3, -0.25) is 0 Å². The zero-order valence-corrected chi connectivity index (χ0v) is 18.1. The second-order valence-electron chi connectivity index (χ2n) is 8.62. The van der Waals surface area contributed by atoms with Gasteiger partial charge in [-0.1, -0.05) is 91.4 Å². The van der Waals surface area contributed by atoms with Crippen molar-refractivity contribution in [2.24, 2.45) is 21.3 Å². The average Bonchev–Trinajstić information content (AvgIpc) is 2.65. The van der Waals surface area contributed by atoms with Crippen LogP contribution in [0.1, 0.15) is 111 Å². The SMILES string of the molecule is CC(CCCCCCCCCCN=C=O)C(C)(C)CCCCCCN=C=O. The molecule has 0 saturated heterocycles. The van der Waals surface area contributed by atoms with E-state index >= 15 is 0 Å². The van der Waals surface area contributed by atoms with Gasteiger partial charge in [-0.05, 0) is 30.6 Å². The van der Waals surface area contributed by atoms with Crippen LogP contribution in [0.5, 0.6) is 0 Å². The number of unbranched alkanes of at least 4 members (excludes halogenated alkanes) is 10. The summed E-state index contributed by atoms with van der Waals surface area (Å²) in [5.74, 6) is 0.774. The number of nitrogens with zero attached hydrogens (tertiary/aromatic N) is 2. The molecule has 4 heteroatoms. The first-order chi connectivity index (χ1) is 13.0. The van der Waals surface area contributed by atoms with E-state index in [-0.39, 0.29) is 0 Å². The summed E-state index contributed by atoms with van der Waals surface area (Å²) < 4.78 is 0. The highest BCUT2D eigenvalue weighted by Gasteiger charge is 2.24. The van der Waals surface area contributed by atoms with Gasteiger partial charge in [0.05, 0.1) is 13.1 Å². The molecule has 0 aliphatic rings. The standard InChI is InChI=1S/C23H42N2O2/c1-22(23(2,3)17-13-9-11-15-19-25-21-27)16-12-8-6-4-5-7-10-14-18-24-20-26/h22H,4-19H2,1-3H3. The minimum atomic E-state index is 0.422. The third kappa shape index (κ3) is 16.6. The van der Waals surface area contributed by atoms with Crippen molar-refractivity contribution in [1.29, 1.82) is 0 Å². The highest BCUT2D eigenvalue weighted by atomic mass is 16.1. The van der Waals surface area contributed by atoms with Crippen molar-refractivity contribution in [3.63, 3.8) is 0 Å². The number of carbonyl (C=O) groups excluding carboxylic acids is 2. The molecule has 0 amide bonds. The molecule has 27 heavy (non-hydrogen) atoms. The topological polar surface area (TPSA) is 58.9 Å². The van der Waals surface area contributed by atoms with E-state index < -0.39 is 0 Å². The molecule has 0 rings (SSSR count). The highest BCUT2D eigenvalue weighted by molar-refractivity contribution is 5.32. The fourth-order valence-corrected chi connectivity index (χ4v) is 3.56. The van der Waals surface area contributed by atoms with Crippen molar-refractivity contribution in [2.75, 3.05) is 13.1 Å². The van der Waals surface area contributed by atoms with Gasteiger partial charge in [-0.15, -0.1) is 0 Å². The second-order valence-corrected chi connectivity index (χ2v) is 8.62. The fraction of sp³-hybridized carbons (Fsp3) is 0.913. The Morgan fingerprint density at radius 3 is 1.56 bits per heavy atom. The molecule has 0 radical (unpaired) electrons. The molecule has 156 valence electrons. The van der Waals surface area contributed by atoms with Crippen molar-refractivity contribution in [3.8, 4) is 0 Å². The fourth-order valence-electron chi connectivity index (χ4n) is 3.56. The van der Waals surface area contributed by atoms with Gasteiger partial charge >= 0.3 is 0 Å². The molecular formula is C23H42N2O2. The molecule has 0 aliphatic heterocycles. The van der Waals surface area contributed by atoms with E-state index in [0.29, 0.717) is 18.5 Å². The molecule has 0 aliphatic carbocycles. The van der Waals surface area contributed by atoms with E-state index in [2.05, 4.69) is 30.8 Å². The van der Waals surface area contributed by atoms with Crippen LogP contribution in [0.4, 0.5) is 0 Å². The van der Waals surface area contributed by atoms with Crippen LogP contribution >= 0.6 is 0 Å². The van der Waals surface area contributed by atoms with Gasteiger partial charge in [-0.2, -0.15) is 0 Å². The quantitative estimate of drug-likeness (QED) is 0.141. The maximum Gasteiger partial charge on any atom is 0.234 e. The molecule has 1 atom stereocenters. The van der Waals surface area contributed by atoms with Gasteiger partial charge in [0.25, 0.3) is 0 Å². The van der Waals surface area contributed by atoms with Crippen LogP contribution in [0.15, 0.2) is 9.98 Å². The smallest absolute Gasteiger partial charge is 0.211 e. The van der Waals surface area contributed by atoms with Crippen LogP contribution in [0.3, 0.4) is 0 Å². The summed E-state index contributed by atoms with van der Waals surface area (Å²) in [6.07, 6.45) is 20.7. The third-order valence-electron chi connectivity index (χ3n) is 5.96. The van der Waals surface area contributed by atoms with Gasteiger partial charge < -0.3 is 0 Å². The first-order valence-corrected chi connectivity index (χ1v) is 11.1. The Hall–Kier alpha value is -1.24. The lowest BCUT2D eigenvalue weighted by atomic mass is 9.74. The number of hydrogen-bond acceptors (Lipinski definition) is 4.